The molecule has 0 saturated heterocycles. The fourth-order valence-corrected chi connectivity index (χ4v) is 5.08. The Kier molecular flexibility index (Phi) is 17.8. The molecule has 0 aromatic heterocycles. The molecule has 0 heterocycles. The average molecular weight is 624 g/mol. The van der Waals surface area contributed by atoms with Gasteiger partial charge < -0.3 is 40.4 Å². The van der Waals surface area contributed by atoms with Gasteiger partial charge in [0.1, 0.15) is 11.6 Å². The van der Waals surface area contributed by atoms with Gasteiger partial charge in [0.05, 0.1) is 25.4 Å². The topological polar surface area (TPSA) is 158 Å². The molecule has 1 aromatic carbocycles. The normalized spacial score (nSPS) is 14.3. The summed E-state index contributed by atoms with van der Waals surface area (Å²) in [6.07, 6.45) is 3.91. The predicted molar refractivity (Wildman–Crippen MR) is 171 cm³/mol. The molecule has 0 aliphatic carbocycles. The molecule has 0 aliphatic rings. The van der Waals surface area contributed by atoms with E-state index < -0.39 is 35.7 Å². The number of aliphatic hydroxyl groups is 1. The molecule has 4 unspecified atom stereocenters. The van der Waals surface area contributed by atoms with Gasteiger partial charge in [-0.3, -0.25) is 9.59 Å². The molecule has 44 heavy (non-hydrogen) atoms. The molecule has 0 fully saturated rings. The lowest BCUT2D eigenvalue weighted by Crippen LogP contribution is -2.50. The number of amides is 3. The highest BCUT2D eigenvalue weighted by Gasteiger charge is 2.32. The van der Waals surface area contributed by atoms with E-state index in [1.807, 2.05) is 34.6 Å². The van der Waals surface area contributed by atoms with Gasteiger partial charge in [0.25, 0.3) is 5.91 Å². The highest BCUT2D eigenvalue weighted by atomic mass is 16.6. The molecule has 0 saturated carbocycles. The predicted octanol–water partition coefficient (Wildman–Crippen LogP) is 4.83. The van der Waals surface area contributed by atoms with Gasteiger partial charge in [-0.15, -0.1) is 0 Å². The summed E-state index contributed by atoms with van der Waals surface area (Å²) in [5.41, 5.74) is 5.52. The molecule has 3 amide bonds. The van der Waals surface area contributed by atoms with E-state index in [2.05, 4.69) is 17.6 Å². The van der Waals surface area contributed by atoms with Gasteiger partial charge in [-0.05, 0) is 76.3 Å². The summed E-state index contributed by atoms with van der Waals surface area (Å²) in [5, 5.41) is 16.4. The van der Waals surface area contributed by atoms with Gasteiger partial charge in [0.2, 0.25) is 5.91 Å². The maximum atomic E-state index is 13.4. The SMILES string of the molecule is COCCCOc1c(OC)cccc1C(=O)NC(C(N)=O)C(CCC(O)CC(C)CCCCNC(=O)OC(C)(C)C)C(C)C. The Morgan fingerprint density at radius 1 is 0.977 bits per heavy atom. The molecule has 0 radical (unpaired) electrons. The number of nitrogens with one attached hydrogen (secondary N) is 2. The monoisotopic (exact) mass is 623 g/mol. The van der Waals surface area contributed by atoms with Crippen molar-refractivity contribution in [1.82, 2.24) is 10.6 Å². The number of ether oxygens (including phenoxy) is 4. The first-order valence-corrected chi connectivity index (χ1v) is 15.7. The zero-order valence-electron chi connectivity index (χ0n) is 28.1. The molecular weight excluding hydrogens is 566 g/mol. The van der Waals surface area contributed by atoms with Crippen molar-refractivity contribution < 1.29 is 38.4 Å². The van der Waals surface area contributed by atoms with Gasteiger partial charge >= 0.3 is 6.09 Å². The Morgan fingerprint density at radius 3 is 2.27 bits per heavy atom. The first-order chi connectivity index (χ1) is 20.7. The van der Waals surface area contributed by atoms with Crippen LogP contribution >= 0.6 is 0 Å². The van der Waals surface area contributed by atoms with Crippen LogP contribution in [0.25, 0.3) is 0 Å². The fraction of sp³-hybridized carbons (Fsp3) is 0.727. The molecule has 5 N–H and O–H groups in total. The number of benzene rings is 1. The van der Waals surface area contributed by atoms with E-state index in [0.29, 0.717) is 51.2 Å². The van der Waals surface area contributed by atoms with E-state index in [9.17, 15) is 19.5 Å². The summed E-state index contributed by atoms with van der Waals surface area (Å²) in [6, 6.07) is 4.07. The second kappa shape index (κ2) is 20.1. The van der Waals surface area contributed by atoms with Crippen molar-refractivity contribution in [2.24, 2.45) is 23.5 Å². The zero-order chi connectivity index (χ0) is 33.3. The Labute approximate surface area is 263 Å². The summed E-state index contributed by atoms with van der Waals surface area (Å²) < 4.78 is 21.6. The second-order valence-electron chi connectivity index (χ2n) is 12.8. The van der Waals surface area contributed by atoms with Crippen molar-refractivity contribution in [3.05, 3.63) is 23.8 Å². The Morgan fingerprint density at radius 2 is 1.68 bits per heavy atom. The van der Waals surface area contributed by atoms with Crippen molar-refractivity contribution in [3.8, 4) is 11.5 Å². The van der Waals surface area contributed by atoms with E-state index in [-0.39, 0.29) is 29.1 Å². The highest BCUT2D eigenvalue weighted by Crippen LogP contribution is 2.32. The molecule has 0 bridgehead atoms. The van der Waals surface area contributed by atoms with Gasteiger partial charge in [-0.1, -0.05) is 39.7 Å². The van der Waals surface area contributed by atoms with Crippen LogP contribution in [0.5, 0.6) is 11.5 Å². The lowest BCUT2D eigenvalue weighted by molar-refractivity contribution is -0.121. The first-order valence-electron chi connectivity index (χ1n) is 15.7. The number of alkyl carbamates (subject to hydrolysis) is 1. The van der Waals surface area contributed by atoms with Crippen LogP contribution in [0.4, 0.5) is 4.79 Å². The third-order valence-electron chi connectivity index (χ3n) is 7.36. The molecule has 0 aliphatic heterocycles. The smallest absolute Gasteiger partial charge is 0.407 e. The standard InChI is InChI=1S/C33H57N3O8/c1-22(2)25(17-16-24(37)21-23(3)13-9-10-18-35-32(40)44-33(4,5)6)28(30(34)38)36-31(39)26-14-11-15-27(42-8)29(26)43-20-12-19-41-7/h11,14-15,22-25,28,37H,9-10,12-13,16-21H2,1-8H3,(H2,34,38)(H,35,40)(H,36,39). The van der Waals surface area contributed by atoms with E-state index in [0.717, 1.165) is 19.3 Å². The average Bonchev–Trinajstić information content (AvgIpc) is 2.93. The lowest BCUT2D eigenvalue weighted by atomic mass is 9.82. The van der Waals surface area contributed by atoms with Crippen LogP contribution in [-0.2, 0) is 14.3 Å². The minimum atomic E-state index is -0.933. The lowest BCUT2D eigenvalue weighted by Gasteiger charge is -2.30. The number of rotatable bonds is 21. The van der Waals surface area contributed by atoms with Gasteiger partial charge in [-0.2, -0.15) is 0 Å². The highest BCUT2D eigenvalue weighted by molar-refractivity contribution is 6.00. The van der Waals surface area contributed by atoms with Crippen LogP contribution in [-0.4, -0.2) is 74.7 Å². The van der Waals surface area contributed by atoms with Crippen molar-refractivity contribution in [2.75, 3.05) is 34.0 Å². The van der Waals surface area contributed by atoms with Gasteiger partial charge in [0.15, 0.2) is 11.5 Å². The fourth-order valence-electron chi connectivity index (χ4n) is 5.08. The summed E-state index contributed by atoms with van der Waals surface area (Å²) in [5.74, 6) is -0.408. The molecule has 4 atom stereocenters. The summed E-state index contributed by atoms with van der Waals surface area (Å²) in [7, 11) is 3.10. The first kappa shape index (κ1) is 39.0. The van der Waals surface area contributed by atoms with Crippen molar-refractivity contribution >= 4 is 17.9 Å². The number of carbonyl (C=O) groups is 3. The number of aliphatic hydroxyl groups excluding tert-OH is 1. The maximum Gasteiger partial charge on any atom is 0.407 e. The van der Waals surface area contributed by atoms with Crippen LogP contribution in [0.2, 0.25) is 0 Å². The molecule has 1 aromatic rings. The summed E-state index contributed by atoms with van der Waals surface area (Å²) in [4.78, 5) is 37.8. The molecule has 1 rings (SSSR count). The van der Waals surface area contributed by atoms with Gasteiger partial charge in [-0.25, -0.2) is 4.79 Å². The van der Waals surface area contributed by atoms with E-state index in [1.165, 1.54) is 7.11 Å². The third-order valence-corrected chi connectivity index (χ3v) is 7.36. The Hall–Kier alpha value is -3.05. The van der Waals surface area contributed by atoms with Gasteiger partial charge in [0, 0.05) is 26.7 Å². The molecule has 0 spiro atoms. The minimum Gasteiger partial charge on any atom is -0.493 e. The second-order valence-corrected chi connectivity index (χ2v) is 12.8. The van der Waals surface area contributed by atoms with Crippen LogP contribution < -0.4 is 25.8 Å². The van der Waals surface area contributed by atoms with Crippen LogP contribution in [0, 0.1) is 17.8 Å². The molecular formula is C33H57N3O8. The van der Waals surface area contributed by atoms with Crippen molar-refractivity contribution in [3.63, 3.8) is 0 Å². The maximum absolute atomic E-state index is 13.4. The molecule has 11 heteroatoms. The number of unbranched alkanes of at least 4 members (excludes halogenated alkanes) is 1. The minimum absolute atomic E-state index is 0.0185. The number of hydrogen-bond donors (Lipinski definition) is 4. The van der Waals surface area contributed by atoms with Crippen LogP contribution in [0.1, 0.15) is 96.8 Å². The number of nitrogens with two attached hydrogens (primary N) is 1. The summed E-state index contributed by atoms with van der Waals surface area (Å²) >= 11 is 0. The zero-order valence-corrected chi connectivity index (χ0v) is 28.1. The quantitative estimate of drug-likeness (QED) is 0.142. The van der Waals surface area contributed by atoms with E-state index in [1.54, 1.807) is 25.3 Å². The third kappa shape index (κ3) is 15.1. The summed E-state index contributed by atoms with van der Waals surface area (Å²) in [6.45, 7) is 12.9. The Bertz CT molecular complexity index is 1010. The van der Waals surface area contributed by atoms with Crippen LogP contribution in [0.15, 0.2) is 18.2 Å². The Balaban J connectivity index is 2.73. The molecule has 11 nitrogen and oxygen atoms in total. The van der Waals surface area contributed by atoms with E-state index in [4.69, 9.17) is 24.7 Å². The van der Waals surface area contributed by atoms with Crippen molar-refractivity contribution in [2.45, 2.75) is 104 Å². The van der Waals surface area contributed by atoms with Crippen molar-refractivity contribution in [1.29, 1.82) is 0 Å². The number of carbonyl (C=O) groups excluding carboxylic acids is 3. The molecule has 252 valence electrons. The largest absolute Gasteiger partial charge is 0.493 e. The van der Waals surface area contributed by atoms with Crippen LogP contribution in [0.3, 0.4) is 0 Å². The number of primary amides is 1. The number of para-hydroxylation sites is 1. The number of hydrogen-bond acceptors (Lipinski definition) is 8. The number of methoxy groups -OCH3 is 2. The van der Waals surface area contributed by atoms with E-state index >= 15 is 0 Å².